The first-order valence-electron chi connectivity index (χ1n) is 13.6. The van der Waals surface area contributed by atoms with Crippen molar-refractivity contribution in [1.29, 1.82) is 0 Å². The largest absolute Gasteiger partial charge is 0.372 e. The van der Waals surface area contributed by atoms with Crippen molar-refractivity contribution in [3.8, 4) is 11.1 Å². The molecule has 0 saturated heterocycles. The van der Waals surface area contributed by atoms with Crippen molar-refractivity contribution in [1.82, 2.24) is 0 Å². The Hall–Kier alpha value is -2.36. The molecule has 190 valence electrons. The van der Waals surface area contributed by atoms with Crippen LogP contribution in [0, 0.1) is 0 Å². The zero-order valence-corrected chi connectivity index (χ0v) is 23.7. The summed E-state index contributed by atoms with van der Waals surface area (Å²) in [6.07, 6.45) is 0. The van der Waals surface area contributed by atoms with Crippen LogP contribution in [0.15, 0.2) is 36.4 Å². The fraction of sp³-hybridized carbons (Fsp3) is 0.600. The van der Waals surface area contributed by atoms with Crippen LogP contribution in [0.5, 0.6) is 0 Å². The number of hydrogen-bond acceptors (Lipinski definition) is 4. The number of anilines is 4. The Morgan fingerprint density at radius 2 is 1.00 bits per heavy atom. The summed E-state index contributed by atoms with van der Waals surface area (Å²) in [4.78, 5) is 10.0. The van der Waals surface area contributed by atoms with E-state index in [0.29, 0.717) is 12.1 Å². The van der Waals surface area contributed by atoms with Crippen molar-refractivity contribution >= 4 is 22.7 Å². The van der Waals surface area contributed by atoms with Gasteiger partial charge in [0.15, 0.2) is 0 Å². The first-order chi connectivity index (χ1) is 16.3. The third kappa shape index (κ3) is 6.00. The second-order valence-corrected chi connectivity index (χ2v) is 9.52. The second-order valence-electron chi connectivity index (χ2n) is 9.52. The van der Waals surface area contributed by atoms with E-state index in [4.69, 9.17) is 0 Å². The van der Waals surface area contributed by atoms with E-state index < -0.39 is 0 Å². The van der Waals surface area contributed by atoms with Crippen LogP contribution in [0.4, 0.5) is 22.7 Å². The Morgan fingerprint density at radius 3 is 1.38 bits per heavy atom. The standard InChI is InChI=1S/C30H50N4/c1-11-31(12-2)27-21-28(32(13-3)14-4)30(29(22-27)33(15-5)16-6)25-18-17-19-26(20-25)34(23(7)8)24(9)10/h17-24H,11-16H2,1-10H3. The van der Waals surface area contributed by atoms with Crippen molar-refractivity contribution < 1.29 is 0 Å². The first kappa shape index (κ1) is 27.9. The van der Waals surface area contributed by atoms with Gasteiger partial charge in [-0.1, -0.05) is 12.1 Å². The SMILES string of the molecule is CCN(CC)c1cc(N(CC)CC)c(-c2cccc(N(C(C)C)C(C)C)c2)c(N(CC)CC)c1. The average molecular weight is 467 g/mol. The molecule has 0 unspecified atom stereocenters. The molecule has 4 nitrogen and oxygen atoms in total. The van der Waals surface area contributed by atoms with Gasteiger partial charge in [-0.05, 0) is 99.1 Å². The number of hydrogen-bond donors (Lipinski definition) is 0. The molecule has 0 radical (unpaired) electrons. The lowest BCUT2D eigenvalue weighted by atomic mass is 9.97. The number of nitrogens with zero attached hydrogens (tertiary/aromatic N) is 4. The van der Waals surface area contributed by atoms with E-state index in [1.165, 1.54) is 33.9 Å². The molecular formula is C30H50N4. The summed E-state index contributed by atoms with van der Waals surface area (Å²) in [6, 6.07) is 15.0. The van der Waals surface area contributed by atoms with Gasteiger partial charge in [0.2, 0.25) is 0 Å². The van der Waals surface area contributed by atoms with Crippen molar-refractivity contribution in [2.75, 3.05) is 58.9 Å². The molecule has 2 aromatic rings. The van der Waals surface area contributed by atoms with E-state index in [0.717, 1.165) is 39.3 Å². The highest BCUT2D eigenvalue weighted by Gasteiger charge is 2.22. The molecule has 4 heteroatoms. The molecule has 0 aliphatic heterocycles. The van der Waals surface area contributed by atoms with E-state index in [9.17, 15) is 0 Å². The molecule has 34 heavy (non-hydrogen) atoms. The molecule has 0 atom stereocenters. The van der Waals surface area contributed by atoms with Crippen LogP contribution in [-0.2, 0) is 0 Å². The molecule has 0 aromatic heterocycles. The minimum absolute atomic E-state index is 0.449. The molecule has 0 amide bonds. The molecule has 0 aliphatic rings. The zero-order chi connectivity index (χ0) is 25.4. The lowest BCUT2D eigenvalue weighted by Gasteiger charge is -2.35. The Morgan fingerprint density at radius 1 is 0.559 bits per heavy atom. The Balaban J connectivity index is 2.90. The lowest BCUT2D eigenvalue weighted by molar-refractivity contribution is 0.608. The van der Waals surface area contributed by atoms with Crippen molar-refractivity contribution in [2.24, 2.45) is 0 Å². The highest BCUT2D eigenvalue weighted by Crippen LogP contribution is 2.44. The van der Waals surface area contributed by atoms with E-state index in [1.807, 2.05) is 0 Å². The van der Waals surface area contributed by atoms with Gasteiger partial charge >= 0.3 is 0 Å². The Kier molecular flexibility index (Phi) is 10.6. The maximum absolute atomic E-state index is 2.52. The van der Waals surface area contributed by atoms with Gasteiger partial charge < -0.3 is 19.6 Å². The van der Waals surface area contributed by atoms with Gasteiger partial charge in [-0.15, -0.1) is 0 Å². The molecule has 0 bridgehead atoms. The van der Waals surface area contributed by atoms with Crippen LogP contribution in [0.25, 0.3) is 11.1 Å². The normalized spacial score (nSPS) is 11.3. The molecule has 0 aliphatic carbocycles. The smallest absolute Gasteiger partial charge is 0.0487 e. The van der Waals surface area contributed by atoms with E-state index >= 15 is 0 Å². The summed E-state index contributed by atoms with van der Waals surface area (Å²) < 4.78 is 0. The maximum Gasteiger partial charge on any atom is 0.0487 e. The third-order valence-corrected chi connectivity index (χ3v) is 6.96. The second kappa shape index (κ2) is 12.9. The molecule has 2 aromatic carbocycles. The summed E-state index contributed by atoms with van der Waals surface area (Å²) in [5.74, 6) is 0. The summed E-state index contributed by atoms with van der Waals surface area (Å²) >= 11 is 0. The summed E-state index contributed by atoms with van der Waals surface area (Å²) in [6.45, 7) is 28.7. The van der Waals surface area contributed by atoms with Gasteiger partial charge in [0.1, 0.15) is 0 Å². The molecule has 0 heterocycles. The first-order valence-corrected chi connectivity index (χ1v) is 13.6. The summed E-state index contributed by atoms with van der Waals surface area (Å²) in [5, 5.41) is 0. The predicted octanol–water partition coefficient (Wildman–Crippen LogP) is 7.52. The molecule has 0 saturated carbocycles. The van der Waals surface area contributed by atoms with Crippen molar-refractivity contribution in [3.05, 3.63) is 36.4 Å². The topological polar surface area (TPSA) is 13.0 Å². The van der Waals surface area contributed by atoms with Gasteiger partial charge in [0.25, 0.3) is 0 Å². The molecule has 2 rings (SSSR count). The fourth-order valence-corrected chi connectivity index (χ4v) is 5.31. The fourth-order valence-electron chi connectivity index (χ4n) is 5.31. The van der Waals surface area contributed by atoms with Crippen LogP contribution in [0.3, 0.4) is 0 Å². The minimum Gasteiger partial charge on any atom is -0.372 e. The van der Waals surface area contributed by atoms with Crippen LogP contribution in [-0.4, -0.2) is 51.4 Å². The number of benzene rings is 2. The third-order valence-electron chi connectivity index (χ3n) is 6.96. The molecule has 0 N–H and O–H groups in total. The molecular weight excluding hydrogens is 416 g/mol. The lowest BCUT2D eigenvalue weighted by Crippen LogP contribution is -2.36. The number of rotatable bonds is 13. The summed E-state index contributed by atoms with van der Waals surface area (Å²) in [5.41, 5.74) is 7.96. The van der Waals surface area contributed by atoms with E-state index in [1.54, 1.807) is 0 Å². The van der Waals surface area contributed by atoms with Crippen molar-refractivity contribution in [2.45, 2.75) is 81.3 Å². The van der Waals surface area contributed by atoms with Gasteiger partial charge in [-0.25, -0.2) is 0 Å². The average Bonchev–Trinajstić information content (AvgIpc) is 2.81. The highest BCUT2D eigenvalue weighted by atomic mass is 15.2. The maximum atomic E-state index is 2.52. The monoisotopic (exact) mass is 466 g/mol. The quantitative estimate of drug-likeness (QED) is 0.303. The van der Waals surface area contributed by atoms with E-state index in [-0.39, 0.29) is 0 Å². The highest BCUT2D eigenvalue weighted by molar-refractivity contribution is 5.93. The molecule has 0 fully saturated rings. The summed E-state index contributed by atoms with van der Waals surface area (Å²) in [7, 11) is 0. The van der Waals surface area contributed by atoms with E-state index in [2.05, 4.69) is 125 Å². The van der Waals surface area contributed by atoms with Gasteiger partial charge in [-0.3, -0.25) is 0 Å². The Bertz CT molecular complexity index is 836. The van der Waals surface area contributed by atoms with Gasteiger partial charge in [0, 0.05) is 79.7 Å². The van der Waals surface area contributed by atoms with Gasteiger partial charge in [0.05, 0.1) is 0 Å². The van der Waals surface area contributed by atoms with Crippen LogP contribution < -0.4 is 19.6 Å². The zero-order valence-electron chi connectivity index (χ0n) is 23.7. The molecule has 0 spiro atoms. The van der Waals surface area contributed by atoms with Crippen LogP contribution in [0.2, 0.25) is 0 Å². The van der Waals surface area contributed by atoms with Crippen LogP contribution in [0.1, 0.15) is 69.2 Å². The predicted molar refractivity (Wildman–Crippen MR) is 155 cm³/mol. The minimum atomic E-state index is 0.449. The van der Waals surface area contributed by atoms with Gasteiger partial charge in [-0.2, -0.15) is 0 Å². The Labute approximate surface area is 210 Å². The van der Waals surface area contributed by atoms with Crippen LogP contribution >= 0.6 is 0 Å². The van der Waals surface area contributed by atoms with Crippen molar-refractivity contribution in [3.63, 3.8) is 0 Å².